The molecule has 0 saturated carbocycles. The zero-order chi connectivity index (χ0) is 18.5. The van der Waals surface area contributed by atoms with Gasteiger partial charge in [0.25, 0.3) is 0 Å². The van der Waals surface area contributed by atoms with Gasteiger partial charge < -0.3 is 9.64 Å². The first-order valence-corrected chi connectivity index (χ1v) is 10.4. The minimum atomic E-state index is -1.17. The van der Waals surface area contributed by atoms with Crippen molar-refractivity contribution in [2.24, 2.45) is 0 Å². The monoisotopic (exact) mass is 371 g/mol. The molecule has 0 aliphatic carbocycles. The Kier molecular flexibility index (Phi) is 6.09. The van der Waals surface area contributed by atoms with E-state index in [1.807, 2.05) is 47.4 Å². The molecule has 1 aliphatic heterocycles. The van der Waals surface area contributed by atoms with E-state index in [1.165, 1.54) is 5.56 Å². The van der Waals surface area contributed by atoms with Crippen LogP contribution >= 0.6 is 0 Å². The number of hydrogen-bond donors (Lipinski definition) is 0. The van der Waals surface area contributed by atoms with Crippen molar-refractivity contribution >= 4 is 22.4 Å². The third-order valence-corrected chi connectivity index (χ3v) is 6.08. The second-order valence-corrected chi connectivity index (χ2v) is 8.24. The summed E-state index contributed by atoms with van der Waals surface area (Å²) in [6.45, 7) is 2.06. The van der Waals surface area contributed by atoms with E-state index < -0.39 is 10.8 Å². The Morgan fingerprint density at radius 2 is 1.92 bits per heavy atom. The van der Waals surface area contributed by atoms with Crippen LogP contribution in [0.3, 0.4) is 0 Å². The highest BCUT2D eigenvalue weighted by Gasteiger charge is 2.28. The Bertz CT molecular complexity index is 788. The molecular formula is C21H25NO3S. The molecule has 26 heavy (non-hydrogen) atoms. The second-order valence-electron chi connectivity index (χ2n) is 6.67. The molecule has 4 nitrogen and oxygen atoms in total. The van der Waals surface area contributed by atoms with Crippen LogP contribution in [0.2, 0.25) is 0 Å². The standard InChI is InChI=1S/C21H25NO3S/c1-16-7-10-18-5-3-4-6-20(18)22(16)21(23)15-26(24)14-13-17-8-11-19(25-2)12-9-17/h3-6,8-9,11-12,16H,7,10,13-15H2,1-2H3/t16-,26-/m1/s1. The number of nitrogens with zero attached hydrogens (tertiary/aromatic N) is 1. The molecule has 0 radical (unpaired) electrons. The molecule has 0 N–H and O–H groups in total. The molecule has 0 saturated heterocycles. The Hall–Kier alpha value is -2.14. The van der Waals surface area contributed by atoms with Gasteiger partial charge in [0.05, 0.1) is 7.11 Å². The number of ether oxygens (including phenoxy) is 1. The summed E-state index contributed by atoms with van der Waals surface area (Å²) >= 11 is 0. The molecule has 1 amide bonds. The van der Waals surface area contributed by atoms with Crippen molar-refractivity contribution in [1.82, 2.24) is 0 Å². The highest BCUT2D eigenvalue weighted by atomic mass is 32.2. The average Bonchev–Trinajstić information content (AvgIpc) is 2.66. The molecule has 2 aromatic carbocycles. The highest BCUT2D eigenvalue weighted by Crippen LogP contribution is 2.30. The number of carbonyl (C=O) groups is 1. The molecule has 3 rings (SSSR count). The van der Waals surface area contributed by atoms with Crippen molar-refractivity contribution in [3.63, 3.8) is 0 Å². The highest BCUT2D eigenvalue weighted by molar-refractivity contribution is 7.85. The predicted octanol–water partition coefficient (Wildman–Crippen LogP) is 3.35. The van der Waals surface area contributed by atoms with Gasteiger partial charge in [-0.2, -0.15) is 0 Å². The van der Waals surface area contributed by atoms with Crippen molar-refractivity contribution in [3.8, 4) is 5.75 Å². The number of methoxy groups -OCH3 is 1. The lowest BCUT2D eigenvalue weighted by molar-refractivity contribution is -0.116. The van der Waals surface area contributed by atoms with E-state index in [1.54, 1.807) is 7.11 Å². The molecule has 138 valence electrons. The number of carbonyl (C=O) groups excluding carboxylic acids is 1. The molecular weight excluding hydrogens is 346 g/mol. The fourth-order valence-electron chi connectivity index (χ4n) is 3.37. The van der Waals surface area contributed by atoms with Crippen molar-refractivity contribution in [2.45, 2.75) is 32.2 Å². The summed E-state index contributed by atoms with van der Waals surface area (Å²) < 4.78 is 17.6. The van der Waals surface area contributed by atoms with E-state index in [-0.39, 0.29) is 17.7 Å². The first kappa shape index (κ1) is 18.6. The van der Waals surface area contributed by atoms with Gasteiger partial charge in [0.15, 0.2) is 0 Å². The van der Waals surface area contributed by atoms with Crippen LogP contribution in [0.25, 0.3) is 0 Å². The second kappa shape index (κ2) is 8.49. The number of rotatable bonds is 6. The topological polar surface area (TPSA) is 46.6 Å². The summed E-state index contributed by atoms with van der Waals surface area (Å²) in [5.41, 5.74) is 3.27. The maximum Gasteiger partial charge on any atom is 0.239 e. The van der Waals surface area contributed by atoms with Gasteiger partial charge in [0.1, 0.15) is 11.5 Å². The van der Waals surface area contributed by atoms with Gasteiger partial charge in [-0.3, -0.25) is 9.00 Å². The number of aryl methyl sites for hydroxylation is 2. The number of benzene rings is 2. The number of amides is 1. The normalized spacial score (nSPS) is 17.5. The molecule has 0 fully saturated rings. The number of anilines is 1. The Morgan fingerprint density at radius 3 is 2.65 bits per heavy atom. The Morgan fingerprint density at radius 1 is 1.19 bits per heavy atom. The fourth-order valence-corrected chi connectivity index (χ4v) is 4.39. The Labute approximate surface area is 157 Å². The van der Waals surface area contributed by atoms with Gasteiger partial charge in [0.2, 0.25) is 5.91 Å². The van der Waals surface area contributed by atoms with Crippen LogP contribution in [-0.4, -0.2) is 34.8 Å². The summed E-state index contributed by atoms with van der Waals surface area (Å²) in [5.74, 6) is 1.33. The lowest BCUT2D eigenvalue weighted by Crippen LogP contribution is -2.44. The predicted molar refractivity (Wildman–Crippen MR) is 106 cm³/mol. The molecule has 0 spiro atoms. The van der Waals surface area contributed by atoms with Crippen LogP contribution in [0.15, 0.2) is 48.5 Å². The first-order chi connectivity index (χ1) is 12.6. The minimum absolute atomic E-state index is 0.0438. The molecule has 5 heteroatoms. The van der Waals surface area contributed by atoms with Crippen LogP contribution in [0, 0.1) is 0 Å². The van der Waals surface area contributed by atoms with Crippen LogP contribution in [0.4, 0.5) is 5.69 Å². The van der Waals surface area contributed by atoms with E-state index in [9.17, 15) is 9.00 Å². The lowest BCUT2D eigenvalue weighted by atomic mass is 9.97. The molecule has 0 unspecified atom stereocenters. The smallest absolute Gasteiger partial charge is 0.239 e. The molecule has 0 bridgehead atoms. The maximum atomic E-state index is 12.8. The molecule has 2 atom stereocenters. The number of fused-ring (bicyclic) bond motifs is 1. The summed E-state index contributed by atoms with van der Waals surface area (Å²) in [5, 5.41) is 0. The zero-order valence-electron chi connectivity index (χ0n) is 15.3. The molecule has 2 aromatic rings. The fraction of sp³-hybridized carbons (Fsp3) is 0.381. The van der Waals surface area contributed by atoms with E-state index >= 15 is 0 Å². The lowest BCUT2D eigenvalue weighted by Gasteiger charge is -2.35. The van der Waals surface area contributed by atoms with Gasteiger partial charge >= 0.3 is 0 Å². The zero-order valence-corrected chi connectivity index (χ0v) is 16.1. The summed E-state index contributed by atoms with van der Waals surface area (Å²) in [4.78, 5) is 14.6. The Balaban J connectivity index is 1.59. The molecule has 1 heterocycles. The largest absolute Gasteiger partial charge is 0.497 e. The van der Waals surface area contributed by atoms with Crippen LogP contribution < -0.4 is 9.64 Å². The van der Waals surface area contributed by atoms with E-state index in [4.69, 9.17) is 4.74 Å². The first-order valence-electron chi connectivity index (χ1n) is 8.96. The van der Waals surface area contributed by atoms with Gasteiger partial charge in [-0.05, 0) is 55.5 Å². The van der Waals surface area contributed by atoms with Crippen molar-refractivity contribution in [3.05, 3.63) is 59.7 Å². The van der Waals surface area contributed by atoms with Gasteiger partial charge in [-0.25, -0.2) is 0 Å². The third-order valence-electron chi connectivity index (χ3n) is 4.85. The average molecular weight is 372 g/mol. The maximum absolute atomic E-state index is 12.8. The van der Waals surface area contributed by atoms with E-state index in [0.29, 0.717) is 12.2 Å². The number of hydrogen-bond acceptors (Lipinski definition) is 3. The third kappa shape index (κ3) is 4.33. The molecule has 1 aliphatic rings. The van der Waals surface area contributed by atoms with Crippen LogP contribution in [-0.2, 0) is 28.4 Å². The van der Waals surface area contributed by atoms with Gasteiger partial charge in [0, 0.05) is 28.3 Å². The van der Waals surface area contributed by atoms with E-state index in [0.717, 1.165) is 29.8 Å². The summed E-state index contributed by atoms with van der Waals surface area (Å²) in [6, 6.07) is 15.9. The summed E-state index contributed by atoms with van der Waals surface area (Å²) in [6.07, 6.45) is 2.62. The van der Waals surface area contributed by atoms with Crippen LogP contribution in [0.5, 0.6) is 5.75 Å². The van der Waals surface area contributed by atoms with Crippen molar-refractivity contribution < 1.29 is 13.7 Å². The number of para-hydroxylation sites is 1. The van der Waals surface area contributed by atoms with Crippen molar-refractivity contribution in [1.29, 1.82) is 0 Å². The quantitative estimate of drug-likeness (QED) is 0.782. The SMILES string of the molecule is COc1ccc(CC[S@@](=O)CC(=O)N2c3ccccc3CC[C@H]2C)cc1. The van der Waals surface area contributed by atoms with Gasteiger partial charge in [-0.1, -0.05) is 30.3 Å². The molecule has 0 aromatic heterocycles. The van der Waals surface area contributed by atoms with E-state index in [2.05, 4.69) is 13.0 Å². The van der Waals surface area contributed by atoms with Crippen molar-refractivity contribution in [2.75, 3.05) is 23.5 Å². The van der Waals surface area contributed by atoms with Crippen LogP contribution in [0.1, 0.15) is 24.5 Å². The minimum Gasteiger partial charge on any atom is -0.497 e. The summed E-state index contributed by atoms with van der Waals surface area (Å²) in [7, 11) is 0.461. The van der Waals surface area contributed by atoms with Gasteiger partial charge in [-0.15, -0.1) is 0 Å².